The maximum absolute atomic E-state index is 12.8. The Morgan fingerprint density at radius 3 is 1.14 bits per heavy atom. The topological polar surface area (TPSA) is 59.1 Å². The first-order chi connectivity index (χ1) is 20.7. The van der Waals surface area contributed by atoms with Crippen LogP contribution in [0.15, 0.2) is 121 Å². The van der Waals surface area contributed by atoms with E-state index in [1.165, 1.54) is 0 Å². The highest BCUT2D eigenvalue weighted by Gasteiger charge is 2.24. The van der Waals surface area contributed by atoms with Crippen LogP contribution in [0.25, 0.3) is 0 Å². The maximum atomic E-state index is 12.8. The van der Waals surface area contributed by atoms with Crippen molar-refractivity contribution in [2.24, 2.45) is 0 Å². The minimum atomic E-state index is -0.303. The van der Waals surface area contributed by atoms with Crippen molar-refractivity contribution in [1.29, 1.82) is 0 Å². The van der Waals surface area contributed by atoms with Crippen LogP contribution in [-0.2, 0) is 9.47 Å². The summed E-state index contributed by atoms with van der Waals surface area (Å²) < 4.78 is 12.0. The van der Waals surface area contributed by atoms with Gasteiger partial charge in [0.15, 0.2) is 0 Å². The Hall–Kier alpha value is -4.26. The smallest absolute Gasteiger partial charge is 0.338 e. The van der Waals surface area contributed by atoms with E-state index in [9.17, 15) is 9.59 Å². The van der Waals surface area contributed by atoms with Gasteiger partial charge >= 0.3 is 11.9 Å². The minimum Gasteiger partial charge on any atom is -0.454 e. The van der Waals surface area contributed by atoms with Gasteiger partial charge in [-0.1, -0.05) is 97.1 Å². The van der Waals surface area contributed by atoms with E-state index in [-0.39, 0.29) is 24.1 Å². The molecule has 0 N–H and O–H groups in total. The second-order valence-electron chi connectivity index (χ2n) is 10.6. The molecule has 0 radical (unpaired) electrons. The van der Waals surface area contributed by atoms with Crippen LogP contribution in [0.2, 0.25) is 0 Å². The zero-order valence-electron chi connectivity index (χ0n) is 23.9. The predicted octanol–water partition coefficient (Wildman–Crippen LogP) is 6.58. The number of ether oxygens (including phenoxy) is 2. The van der Waals surface area contributed by atoms with Gasteiger partial charge in [0.1, 0.15) is 12.2 Å². The van der Waals surface area contributed by atoms with E-state index < -0.39 is 0 Å². The van der Waals surface area contributed by atoms with Gasteiger partial charge < -0.3 is 19.3 Å². The van der Waals surface area contributed by atoms with Crippen molar-refractivity contribution in [3.63, 3.8) is 0 Å². The molecule has 0 bridgehead atoms. The quantitative estimate of drug-likeness (QED) is 0.182. The molecule has 1 heterocycles. The van der Waals surface area contributed by atoms with E-state index in [0.717, 1.165) is 63.2 Å². The average Bonchev–Trinajstić information content (AvgIpc) is 3.07. The zero-order valence-corrected chi connectivity index (χ0v) is 23.9. The third kappa shape index (κ3) is 8.38. The number of nitrogens with zero attached hydrogens (tertiary/aromatic N) is 2. The van der Waals surface area contributed by atoms with Gasteiger partial charge in [-0.2, -0.15) is 0 Å². The number of carbonyl (C=O) groups is 2. The lowest BCUT2D eigenvalue weighted by Gasteiger charge is -2.36. The van der Waals surface area contributed by atoms with Gasteiger partial charge in [-0.3, -0.25) is 0 Å². The van der Waals surface area contributed by atoms with Crippen LogP contribution in [0.5, 0.6) is 0 Å². The fraction of sp³-hybridized carbons (Fsp3) is 0.278. The summed E-state index contributed by atoms with van der Waals surface area (Å²) in [6, 6.07) is 38.3. The highest BCUT2D eigenvalue weighted by Crippen LogP contribution is 2.25. The SMILES string of the molecule is O=C(OC(CCN1CCN(CCC(OC(=O)c2ccccc2)c2ccccc2)CC1)c1ccccc1)c1ccccc1. The van der Waals surface area contributed by atoms with Crippen molar-refractivity contribution >= 4 is 11.9 Å². The van der Waals surface area contributed by atoms with Crippen LogP contribution >= 0.6 is 0 Å². The van der Waals surface area contributed by atoms with E-state index in [1.54, 1.807) is 24.3 Å². The molecule has 0 saturated carbocycles. The summed E-state index contributed by atoms with van der Waals surface area (Å²) >= 11 is 0. The normalized spacial score (nSPS) is 15.4. The first-order valence-corrected chi connectivity index (χ1v) is 14.7. The lowest BCUT2D eigenvalue weighted by molar-refractivity contribution is 0.0191. The summed E-state index contributed by atoms with van der Waals surface area (Å²) in [6.45, 7) is 5.44. The van der Waals surface area contributed by atoms with E-state index in [1.807, 2.05) is 97.1 Å². The third-order valence-corrected chi connectivity index (χ3v) is 7.74. The molecule has 0 aliphatic carbocycles. The van der Waals surface area contributed by atoms with Crippen LogP contribution in [0.3, 0.4) is 0 Å². The van der Waals surface area contributed by atoms with Crippen molar-refractivity contribution in [3.8, 4) is 0 Å². The van der Waals surface area contributed by atoms with E-state index in [4.69, 9.17) is 9.47 Å². The summed E-state index contributed by atoms with van der Waals surface area (Å²) in [5.41, 5.74) is 3.15. The van der Waals surface area contributed by atoms with E-state index in [0.29, 0.717) is 11.1 Å². The number of benzene rings is 4. The fourth-order valence-electron chi connectivity index (χ4n) is 5.30. The molecule has 2 unspecified atom stereocenters. The number of carbonyl (C=O) groups excluding carboxylic acids is 2. The van der Waals surface area contributed by atoms with Crippen LogP contribution in [-0.4, -0.2) is 61.0 Å². The largest absolute Gasteiger partial charge is 0.454 e. The average molecular weight is 563 g/mol. The van der Waals surface area contributed by atoms with Gasteiger partial charge in [0.05, 0.1) is 11.1 Å². The van der Waals surface area contributed by atoms with E-state index in [2.05, 4.69) is 9.80 Å². The van der Waals surface area contributed by atoms with Crippen LogP contribution in [0.1, 0.15) is 56.9 Å². The van der Waals surface area contributed by atoms with Crippen LogP contribution in [0.4, 0.5) is 0 Å². The number of esters is 2. The molecule has 1 fully saturated rings. The number of hydrogen-bond acceptors (Lipinski definition) is 6. The second kappa shape index (κ2) is 15.1. The highest BCUT2D eigenvalue weighted by atomic mass is 16.5. The Labute approximate surface area is 248 Å². The molecule has 4 aromatic carbocycles. The first kappa shape index (κ1) is 29.2. The molecule has 216 valence electrons. The Balaban J connectivity index is 1.12. The molecule has 5 rings (SSSR count). The van der Waals surface area contributed by atoms with Crippen LogP contribution < -0.4 is 0 Å². The molecule has 6 nitrogen and oxygen atoms in total. The standard InChI is InChI=1S/C36H38N2O4/c39-35(31-17-9-3-10-18-31)41-33(29-13-5-1-6-14-29)21-23-37-25-27-38(28-26-37)24-22-34(30-15-7-2-8-16-30)42-36(40)32-19-11-4-12-20-32/h1-20,33-34H,21-28H2. The Morgan fingerprint density at radius 1 is 0.500 bits per heavy atom. The molecule has 42 heavy (non-hydrogen) atoms. The van der Waals surface area contributed by atoms with Crippen molar-refractivity contribution in [2.45, 2.75) is 25.0 Å². The lowest BCUT2D eigenvalue weighted by Crippen LogP contribution is -2.47. The molecule has 0 amide bonds. The van der Waals surface area contributed by atoms with Gasteiger partial charge in [-0.15, -0.1) is 0 Å². The molecular formula is C36H38N2O4. The second-order valence-corrected chi connectivity index (χ2v) is 10.6. The van der Waals surface area contributed by atoms with Crippen molar-refractivity contribution in [2.75, 3.05) is 39.3 Å². The van der Waals surface area contributed by atoms with Crippen molar-refractivity contribution in [3.05, 3.63) is 144 Å². The van der Waals surface area contributed by atoms with Gasteiger partial charge in [0.25, 0.3) is 0 Å². The van der Waals surface area contributed by atoms with Crippen molar-refractivity contribution < 1.29 is 19.1 Å². The molecule has 2 atom stereocenters. The zero-order chi connectivity index (χ0) is 29.0. The molecule has 1 saturated heterocycles. The number of rotatable bonds is 12. The molecule has 1 aliphatic heterocycles. The number of hydrogen-bond donors (Lipinski definition) is 0. The molecular weight excluding hydrogens is 524 g/mol. The Kier molecular flexibility index (Phi) is 10.5. The molecule has 6 heteroatoms. The third-order valence-electron chi connectivity index (χ3n) is 7.74. The molecule has 0 spiro atoms. The van der Waals surface area contributed by atoms with Crippen LogP contribution in [0, 0.1) is 0 Å². The van der Waals surface area contributed by atoms with Crippen molar-refractivity contribution in [1.82, 2.24) is 9.80 Å². The molecule has 0 aromatic heterocycles. The summed E-state index contributed by atoms with van der Waals surface area (Å²) in [7, 11) is 0. The van der Waals surface area contributed by atoms with Gasteiger partial charge in [-0.05, 0) is 35.4 Å². The summed E-state index contributed by atoms with van der Waals surface area (Å²) in [4.78, 5) is 30.5. The minimum absolute atomic E-state index is 0.296. The maximum Gasteiger partial charge on any atom is 0.338 e. The highest BCUT2D eigenvalue weighted by molar-refractivity contribution is 5.90. The number of piperazine rings is 1. The Morgan fingerprint density at radius 2 is 0.810 bits per heavy atom. The van der Waals surface area contributed by atoms with Gasteiger partial charge in [0.2, 0.25) is 0 Å². The summed E-state index contributed by atoms with van der Waals surface area (Å²) in [6.07, 6.45) is 0.855. The van der Waals surface area contributed by atoms with E-state index >= 15 is 0 Å². The summed E-state index contributed by atoms with van der Waals surface area (Å²) in [5.74, 6) is -0.592. The lowest BCUT2D eigenvalue weighted by atomic mass is 10.1. The fourth-order valence-corrected chi connectivity index (χ4v) is 5.30. The van der Waals surface area contributed by atoms with Gasteiger partial charge in [0, 0.05) is 52.1 Å². The summed E-state index contributed by atoms with van der Waals surface area (Å²) in [5, 5.41) is 0. The molecule has 4 aromatic rings. The predicted molar refractivity (Wildman–Crippen MR) is 164 cm³/mol. The monoisotopic (exact) mass is 562 g/mol. The molecule has 1 aliphatic rings. The first-order valence-electron chi connectivity index (χ1n) is 14.7. The van der Waals surface area contributed by atoms with Gasteiger partial charge in [-0.25, -0.2) is 9.59 Å². The Bertz CT molecular complexity index is 1270.